The first-order valence-corrected chi connectivity index (χ1v) is 11.8. The number of anilines is 1. The lowest BCUT2D eigenvalue weighted by atomic mass is 10.1. The van der Waals surface area contributed by atoms with Crippen molar-refractivity contribution < 1.29 is 14.3 Å². The fourth-order valence-corrected chi connectivity index (χ4v) is 4.78. The molecule has 1 aliphatic heterocycles. The van der Waals surface area contributed by atoms with Gasteiger partial charge in [-0.3, -0.25) is 4.79 Å². The molecule has 2 aliphatic rings. The summed E-state index contributed by atoms with van der Waals surface area (Å²) in [5.74, 6) is 1.97. The maximum absolute atomic E-state index is 12.9. The second-order valence-electron chi connectivity index (χ2n) is 8.84. The molecule has 8 heteroatoms. The van der Waals surface area contributed by atoms with Crippen molar-refractivity contribution in [1.82, 2.24) is 20.5 Å². The van der Waals surface area contributed by atoms with E-state index in [9.17, 15) is 4.79 Å². The lowest BCUT2D eigenvalue weighted by molar-refractivity contribution is 0.0930. The highest BCUT2D eigenvalue weighted by Gasteiger charge is 2.26. The van der Waals surface area contributed by atoms with E-state index in [0.29, 0.717) is 11.6 Å². The van der Waals surface area contributed by atoms with Gasteiger partial charge in [-0.25, -0.2) is 4.98 Å². The molecule has 1 atom stereocenters. The molecule has 0 unspecified atom stereocenters. The Bertz CT molecular complexity index is 1160. The summed E-state index contributed by atoms with van der Waals surface area (Å²) in [5, 5.41) is 11.8. The lowest BCUT2D eigenvalue weighted by Gasteiger charge is -2.33. The highest BCUT2D eigenvalue weighted by molar-refractivity contribution is 5.92. The maximum atomic E-state index is 12.9. The molecule has 0 radical (unpaired) electrons. The molecule has 2 aromatic heterocycles. The Morgan fingerprint density at radius 1 is 1.09 bits per heavy atom. The molecule has 3 heterocycles. The quantitative estimate of drug-likeness (QED) is 0.602. The molecule has 176 valence electrons. The number of pyridine rings is 1. The van der Waals surface area contributed by atoms with E-state index in [0.717, 1.165) is 55.9 Å². The van der Waals surface area contributed by atoms with E-state index in [1.54, 1.807) is 19.4 Å². The van der Waals surface area contributed by atoms with Gasteiger partial charge in [0.1, 0.15) is 11.9 Å². The molecular weight excluding hydrogens is 430 g/mol. The van der Waals surface area contributed by atoms with Crippen LogP contribution in [0.1, 0.15) is 52.5 Å². The van der Waals surface area contributed by atoms with Crippen molar-refractivity contribution in [1.29, 1.82) is 0 Å². The smallest absolute Gasteiger partial charge is 0.272 e. The molecule has 34 heavy (non-hydrogen) atoms. The van der Waals surface area contributed by atoms with Gasteiger partial charge in [0.2, 0.25) is 5.88 Å². The molecule has 0 saturated carbocycles. The summed E-state index contributed by atoms with van der Waals surface area (Å²) in [7, 11) is 1.59. The van der Waals surface area contributed by atoms with Crippen molar-refractivity contribution in [2.45, 2.75) is 44.8 Å². The second-order valence-corrected chi connectivity index (χ2v) is 8.84. The molecule has 1 aliphatic carbocycles. The first-order chi connectivity index (χ1) is 16.6. The highest BCUT2D eigenvalue weighted by atomic mass is 16.5. The number of ether oxygens (including phenoxy) is 2. The molecule has 1 aromatic carbocycles. The van der Waals surface area contributed by atoms with E-state index < -0.39 is 0 Å². The number of hydrogen-bond donors (Lipinski definition) is 1. The fraction of sp³-hybridized carbons (Fsp3) is 0.385. The van der Waals surface area contributed by atoms with E-state index in [1.165, 1.54) is 11.1 Å². The van der Waals surface area contributed by atoms with Crippen LogP contribution in [0.2, 0.25) is 0 Å². The predicted octanol–water partition coefficient (Wildman–Crippen LogP) is 3.65. The molecule has 0 bridgehead atoms. The molecule has 0 spiro atoms. The van der Waals surface area contributed by atoms with Crippen LogP contribution < -0.4 is 19.7 Å². The van der Waals surface area contributed by atoms with Gasteiger partial charge in [0, 0.05) is 32.0 Å². The van der Waals surface area contributed by atoms with E-state index in [2.05, 4.69) is 37.5 Å². The lowest BCUT2D eigenvalue weighted by Crippen LogP contribution is -2.39. The molecule has 1 N–H and O–H groups in total. The first kappa shape index (κ1) is 22.1. The summed E-state index contributed by atoms with van der Waals surface area (Å²) in [4.78, 5) is 19.3. The van der Waals surface area contributed by atoms with E-state index >= 15 is 0 Å². The number of fused-ring (bicyclic) bond motifs is 1. The standard InChI is InChI=1S/C26H29N5O3/c1-17-15-23(26(32)28-22-9-7-18-5-3-4-6-21(18)22)29-30-25(17)31-13-11-19(12-14-31)34-20-8-10-24(33-2)27-16-20/h3-6,8,10,15-16,19,22H,7,9,11-14H2,1-2H3,(H,28,32)/t22-/m1/s1. The highest BCUT2D eigenvalue weighted by Crippen LogP contribution is 2.31. The maximum Gasteiger partial charge on any atom is 0.272 e. The average molecular weight is 460 g/mol. The van der Waals surface area contributed by atoms with Crippen LogP contribution in [-0.2, 0) is 6.42 Å². The Hall–Kier alpha value is -3.68. The minimum absolute atomic E-state index is 0.0328. The van der Waals surface area contributed by atoms with Crippen molar-refractivity contribution in [2.75, 3.05) is 25.1 Å². The van der Waals surface area contributed by atoms with Gasteiger partial charge in [0.05, 0.1) is 19.3 Å². The summed E-state index contributed by atoms with van der Waals surface area (Å²) in [6.07, 6.45) is 5.46. The Labute approximate surface area is 199 Å². The molecule has 1 saturated heterocycles. The number of carbonyl (C=O) groups excluding carboxylic acids is 1. The first-order valence-electron chi connectivity index (χ1n) is 11.8. The fourth-order valence-electron chi connectivity index (χ4n) is 4.78. The minimum Gasteiger partial charge on any atom is -0.489 e. The number of amides is 1. The van der Waals surface area contributed by atoms with Crippen LogP contribution in [0.15, 0.2) is 48.7 Å². The van der Waals surface area contributed by atoms with Gasteiger partial charge in [-0.1, -0.05) is 24.3 Å². The number of carbonyl (C=O) groups is 1. The SMILES string of the molecule is COc1ccc(OC2CCN(c3nnc(C(=O)N[C@@H]4CCc5ccccc54)cc3C)CC2)cn1. The molecule has 5 rings (SSSR count). The number of piperidine rings is 1. The van der Waals surface area contributed by atoms with Gasteiger partial charge in [-0.05, 0) is 48.6 Å². The van der Waals surface area contributed by atoms with Gasteiger partial charge in [-0.15, -0.1) is 10.2 Å². The van der Waals surface area contributed by atoms with Crippen LogP contribution in [0, 0.1) is 6.92 Å². The number of aromatic nitrogens is 3. The summed E-state index contributed by atoms with van der Waals surface area (Å²) in [5.41, 5.74) is 3.82. The third kappa shape index (κ3) is 4.66. The minimum atomic E-state index is -0.177. The predicted molar refractivity (Wildman–Crippen MR) is 128 cm³/mol. The molecule has 1 amide bonds. The Morgan fingerprint density at radius 2 is 1.91 bits per heavy atom. The average Bonchev–Trinajstić information content (AvgIpc) is 3.28. The number of aryl methyl sites for hydroxylation is 2. The molecule has 8 nitrogen and oxygen atoms in total. The van der Waals surface area contributed by atoms with E-state index in [-0.39, 0.29) is 18.1 Å². The van der Waals surface area contributed by atoms with Gasteiger partial charge < -0.3 is 19.7 Å². The number of rotatable bonds is 6. The molecule has 3 aromatic rings. The summed E-state index contributed by atoms with van der Waals surface area (Å²) >= 11 is 0. The number of nitrogens with zero attached hydrogens (tertiary/aromatic N) is 4. The van der Waals surface area contributed by atoms with Crippen LogP contribution in [-0.4, -0.2) is 47.4 Å². The zero-order valence-corrected chi connectivity index (χ0v) is 19.5. The normalized spacial score (nSPS) is 17.8. The zero-order chi connectivity index (χ0) is 23.5. The topological polar surface area (TPSA) is 89.5 Å². The number of benzene rings is 1. The van der Waals surface area contributed by atoms with Gasteiger partial charge in [-0.2, -0.15) is 0 Å². The van der Waals surface area contributed by atoms with Gasteiger partial charge in [0.25, 0.3) is 5.91 Å². The third-order valence-corrected chi connectivity index (χ3v) is 6.59. The monoisotopic (exact) mass is 459 g/mol. The van der Waals surface area contributed by atoms with Crippen LogP contribution in [0.3, 0.4) is 0 Å². The van der Waals surface area contributed by atoms with Crippen molar-refractivity contribution in [3.63, 3.8) is 0 Å². The number of hydrogen-bond acceptors (Lipinski definition) is 7. The van der Waals surface area contributed by atoms with E-state index in [4.69, 9.17) is 9.47 Å². The van der Waals surface area contributed by atoms with Crippen molar-refractivity contribution in [3.05, 3.63) is 71.0 Å². The van der Waals surface area contributed by atoms with Gasteiger partial charge in [0.15, 0.2) is 11.5 Å². The van der Waals surface area contributed by atoms with Crippen molar-refractivity contribution in [2.24, 2.45) is 0 Å². The van der Waals surface area contributed by atoms with E-state index in [1.807, 2.05) is 31.2 Å². The van der Waals surface area contributed by atoms with Crippen LogP contribution in [0.4, 0.5) is 5.82 Å². The molecular formula is C26H29N5O3. The number of nitrogens with one attached hydrogen (secondary N) is 1. The largest absolute Gasteiger partial charge is 0.489 e. The summed E-state index contributed by atoms with van der Waals surface area (Å²) < 4.78 is 11.2. The Balaban J connectivity index is 1.18. The van der Waals surface area contributed by atoms with Crippen LogP contribution >= 0.6 is 0 Å². The Morgan fingerprint density at radius 3 is 2.65 bits per heavy atom. The van der Waals surface area contributed by atoms with Crippen LogP contribution in [0.25, 0.3) is 0 Å². The zero-order valence-electron chi connectivity index (χ0n) is 19.5. The van der Waals surface area contributed by atoms with Crippen LogP contribution in [0.5, 0.6) is 11.6 Å². The van der Waals surface area contributed by atoms with Gasteiger partial charge >= 0.3 is 0 Å². The second kappa shape index (κ2) is 9.67. The number of methoxy groups -OCH3 is 1. The third-order valence-electron chi connectivity index (χ3n) is 6.59. The summed E-state index contributed by atoms with van der Waals surface area (Å²) in [6, 6.07) is 13.8. The molecule has 1 fully saturated rings. The van der Waals surface area contributed by atoms with Crippen molar-refractivity contribution >= 4 is 11.7 Å². The van der Waals surface area contributed by atoms with Crippen molar-refractivity contribution in [3.8, 4) is 11.6 Å². The summed E-state index contributed by atoms with van der Waals surface area (Å²) in [6.45, 7) is 3.61. The Kier molecular flexibility index (Phi) is 6.29.